The van der Waals surface area contributed by atoms with Crippen molar-refractivity contribution in [1.82, 2.24) is 10.2 Å². The van der Waals surface area contributed by atoms with E-state index in [2.05, 4.69) is 10.2 Å². The largest absolute Gasteiger partial charge is 0.462 e. The van der Waals surface area contributed by atoms with Crippen LogP contribution in [0.25, 0.3) is 0 Å². The van der Waals surface area contributed by atoms with Gasteiger partial charge in [0.15, 0.2) is 0 Å². The monoisotopic (exact) mass is 324 g/mol. The van der Waals surface area contributed by atoms with Crippen molar-refractivity contribution in [2.45, 2.75) is 65.8 Å². The molecule has 0 bridgehead atoms. The fourth-order valence-corrected chi connectivity index (χ4v) is 2.67. The fraction of sp³-hybridized carbons (Fsp3) is 0.833. The predicted octanol–water partition coefficient (Wildman–Crippen LogP) is 0.946. The summed E-state index contributed by atoms with van der Waals surface area (Å²) in [5.74, 6) is -1.31. The van der Waals surface area contributed by atoms with E-state index in [4.69, 9.17) is 9.47 Å². The molecule has 0 radical (unpaired) electrons. The van der Waals surface area contributed by atoms with Gasteiger partial charge in [-0.05, 0) is 41.5 Å². The molecule has 0 heterocycles. The molecule has 21 heavy (non-hydrogen) atoms. The molecule has 0 amide bonds. The Morgan fingerprint density at radius 2 is 1.14 bits per heavy atom. The molecule has 0 saturated carbocycles. The van der Waals surface area contributed by atoms with Crippen molar-refractivity contribution in [2.75, 3.05) is 0 Å². The van der Waals surface area contributed by atoms with E-state index in [1.165, 1.54) is 13.8 Å². The predicted molar refractivity (Wildman–Crippen MR) is 77.5 cm³/mol. The fourth-order valence-electron chi connectivity index (χ4n) is 1.34. The van der Waals surface area contributed by atoms with Crippen molar-refractivity contribution in [3.63, 3.8) is 0 Å². The number of esters is 2. The molecule has 0 rings (SSSR count). The quantitative estimate of drug-likeness (QED) is 0.446. The number of hydrogen-bond donors (Lipinski definition) is 3. The number of nitrogens with one attached hydrogen (secondary N) is 2. The van der Waals surface area contributed by atoms with Gasteiger partial charge in [-0.25, -0.2) is 10.2 Å². The van der Waals surface area contributed by atoms with Crippen LogP contribution in [0.15, 0.2) is 0 Å². The highest BCUT2D eigenvalue weighted by atomic mass is 31.2. The number of hydrogen-bond acceptors (Lipinski definition) is 5. The molecule has 0 spiro atoms. The van der Waals surface area contributed by atoms with E-state index in [0.717, 1.165) is 0 Å². The summed E-state index contributed by atoms with van der Waals surface area (Å²) in [6.45, 7) is 9.48. The van der Waals surface area contributed by atoms with Crippen LogP contribution < -0.4 is 10.2 Å². The normalized spacial score (nSPS) is 17.2. The highest BCUT2D eigenvalue weighted by molar-refractivity contribution is 7.53. The Balaban J connectivity index is 4.52. The van der Waals surface area contributed by atoms with Crippen LogP contribution in [-0.2, 0) is 23.6 Å². The molecule has 2 unspecified atom stereocenters. The van der Waals surface area contributed by atoms with Crippen LogP contribution in [0.2, 0.25) is 0 Å². The lowest BCUT2D eigenvalue weighted by Gasteiger charge is -2.22. The molecule has 124 valence electrons. The Bertz CT molecular complexity index is 379. The summed E-state index contributed by atoms with van der Waals surface area (Å²) in [6, 6.07) is -1.99. The number of rotatable bonds is 8. The van der Waals surface area contributed by atoms with Crippen molar-refractivity contribution in [1.29, 1.82) is 0 Å². The zero-order valence-electron chi connectivity index (χ0n) is 13.2. The minimum atomic E-state index is -4.10. The maximum atomic E-state index is 11.9. The van der Waals surface area contributed by atoms with E-state index in [0.29, 0.717) is 0 Å². The summed E-state index contributed by atoms with van der Waals surface area (Å²) in [4.78, 5) is 32.9. The maximum absolute atomic E-state index is 11.9. The molecule has 0 aliphatic rings. The van der Waals surface area contributed by atoms with Gasteiger partial charge < -0.3 is 14.4 Å². The van der Waals surface area contributed by atoms with Gasteiger partial charge in [0.1, 0.15) is 12.1 Å². The molecule has 8 nitrogen and oxygen atoms in total. The third-order valence-electron chi connectivity index (χ3n) is 2.15. The first kappa shape index (κ1) is 20.1. The third-order valence-corrected chi connectivity index (χ3v) is 3.62. The van der Waals surface area contributed by atoms with E-state index in [-0.39, 0.29) is 12.2 Å². The standard InChI is InChI=1S/C12H25N2O6P/c1-7(2)19-11(15)9(5)13-21(17,18)14-10(6)12(16)20-8(3)4/h7-10H,1-6H3,(H3,13,14,17,18). The van der Waals surface area contributed by atoms with Crippen LogP contribution in [0.1, 0.15) is 41.5 Å². The summed E-state index contributed by atoms with van der Waals surface area (Å²) >= 11 is 0. The van der Waals surface area contributed by atoms with Crippen LogP contribution in [0.5, 0.6) is 0 Å². The molecule has 0 fully saturated rings. The molecular weight excluding hydrogens is 299 g/mol. The maximum Gasteiger partial charge on any atom is 0.339 e. The van der Waals surface area contributed by atoms with Crippen LogP contribution in [0, 0.1) is 0 Å². The van der Waals surface area contributed by atoms with Gasteiger partial charge in [-0.2, -0.15) is 0 Å². The average Bonchev–Trinajstić information content (AvgIpc) is 2.25. The Hall–Kier alpha value is -0.950. The lowest BCUT2D eigenvalue weighted by Crippen LogP contribution is -2.42. The van der Waals surface area contributed by atoms with Gasteiger partial charge in [0.25, 0.3) is 0 Å². The Morgan fingerprint density at radius 1 is 0.857 bits per heavy atom. The van der Waals surface area contributed by atoms with E-state index in [1.807, 2.05) is 0 Å². The lowest BCUT2D eigenvalue weighted by atomic mass is 10.4. The highest BCUT2D eigenvalue weighted by Crippen LogP contribution is 2.31. The van der Waals surface area contributed by atoms with Crippen LogP contribution >= 0.6 is 7.67 Å². The molecule has 0 aromatic rings. The smallest absolute Gasteiger partial charge is 0.339 e. The molecule has 2 atom stereocenters. The lowest BCUT2D eigenvalue weighted by molar-refractivity contribution is -0.149. The summed E-state index contributed by atoms with van der Waals surface area (Å²) in [6.07, 6.45) is -0.652. The second kappa shape index (κ2) is 8.48. The van der Waals surface area contributed by atoms with Gasteiger partial charge in [-0.1, -0.05) is 0 Å². The zero-order valence-corrected chi connectivity index (χ0v) is 14.1. The summed E-state index contributed by atoms with van der Waals surface area (Å²) in [7, 11) is -4.10. The van der Waals surface area contributed by atoms with Gasteiger partial charge in [0.05, 0.1) is 12.2 Å². The molecular formula is C12H25N2O6P. The van der Waals surface area contributed by atoms with Crippen molar-refractivity contribution < 1.29 is 28.5 Å². The van der Waals surface area contributed by atoms with Gasteiger partial charge in [0, 0.05) is 0 Å². The molecule has 0 aromatic carbocycles. The Labute approximate surface area is 125 Å². The molecule has 0 aromatic heterocycles. The molecule has 0 aliphatic heterocycles. The van der Waals surface area contributed by atoms with Crippen LogP contribution in [0.4, 0.5) is 0 Å². The SMILES string of the molecule is CC(C)OC(=O)C(C)NP(=O)(O)NC(C)C(=O)OC(C)C. The Kier molecular flexibility index (Phi) is 8.10. The summed E-state index contributed by atoms with van der Waals surface area (Å²) in [5, 5.41) is 4.44. The van der Waals surface area contributed by atoms with E-state index >= 15 is 0 Å². The zero-order chi connectivity index (χ0) is 16.8. The highest BCUT2D eigenvalue weighted by Gasteiger charge is 2.30. The molecule has 0 saturated heterocycles. The average molecular weight is 324 g/mol. The van der Waals surface area contributed by atoms with Crippen LogP contribution in [-0.4, -0.2) is 41.1 Å². The van der Waals surface area contributed by atoms with Gasteiger partial charge >= 0.3 is 19.6 Å². The first-order chi connectivity index (χ1) is 9.44. The third kappa shape index (κ3) is 8.83. The summed E-state index contributed by atoms with van der Waals surface area (Å²) < 4.78 is 21.8. The molecule has 0 aliphatic carbocycles. The topological polar surface area (TPSA) is 114 Å². The first-order valence-electron chi connectivity index (χ1n) is 6.74. The van der Waals surface area contributed by atoms with E-state index < -0.39 is 31.7 Å². The second-order valence-corrected chi connectivity index (χ2v) is 6.92. The van der Waals surface area contributed by atoms with Crippen LogP contribution in [0.3, 0.4) is 0 Å². The Morgan fingerprint density at radius 3 is 1.38 bits per heavy atom. The minimum Gasteiger partial charge on any atom is -0.462 e. The van der Waals surface area contributed by atoms with Crippen molar-refractivity contribution >= 4 is 19.6 Å². The molecule has 9 heteroatoms. The van der Waals surface area contributed by atoms with Crippen molar-refractivity contribution in [3.05, 3.63) is 0 Å². The van der Waals surface area contributed by atoms with Gasteiger partial charge in [-0.15, -0.1) is 0 Å². The summed E-state index contributed by atoms with van der Waals surface area (Å²) in [5.41, 5.74) is 0. The van der Waals surface area contributed by atoms with E-state index in [9.17, 15) is 19.0 Å². The number of ether oxygens (including phenoxy) is 2. The molecule has 3 N–H and O–H groups in total. The van der Waals surface area contributed by atoms with Gasteiger partial charge in [-0.3, -0.25) is 14.2 Å². The van der Waals surface area contributed by atoms with Gasteiger partial charge in [0.2, 0.25) is 0 Å². The van der Waals surface area contributed by atoms with Crippen molar-refractivity contribution in [2.24, 2.45) is 0 Å². The first-order valence-corrected chi connectivity index (χ1v) is 8.40. The van der Waals surface area contributed by atoms with E-state index in [1.54, 1.807) is 27.7 Å². The number of carbonyl (C=O) groups excluding carboxylic acids is 2. The minimum absolute atomic E-state index is 0.326. The number of carbonyl (C=O) groups is 2. The van der Waals surface area contributed by atoms with Crippen molar-refractivity contribution in [3.8, 4) is 0 Å². The second-order valence-electron chi connectivity index (χ2n) is 5.25.